The molecular weight excluding hydrogens is 316 g/mol. The molecule has 0 saturated heterocycles. The summed E-state index contributed by atoms with van der Waals surface area (Å²) in [4.78, 5) is 0. The van der Waals surface area contributed by atoms with Crippen LogP contribution in [0.3, 0.4) is 0 Å². The van der Waals surface area contributed by atoms with Crippen LogP contribution in [0.4, 0.5) is 0 Å². The van der Waals surface area contributed by atoms with Crippen LogP contribution in [0.25, 0.3) is 0 Å². The van der Waals surface area contributed by atoms with E-state index in [0.717, 1.165) is 19.3 Å². The molecule has 0 atom stereocenters. The van der Waals surface area contributed by atoms with Crippen molar-refractivity contribution in [1.29, 1.82) is 0 Å². The second-order valence-electron chi connectivity index (χ2n) is 3.16. The third kappa shape index (κ3) is 6.14. The van der Waals surface area contributed by atoms with E-state index in [4.69, 9.17) is 15.3 Å². The molecule has 3 nitrogen and oxygen atoms in total. The molecular formula is C9H16Br2O3. The molecule has 0 spiro atoms. The Bertz CT molecular complexity index is 197. The standard InChI is InChI=1S/C9H16Br2O3/c1-2-3-4-5-6-7(10)8(11)9(12,13)14/h12-14H,2-6H2,1H3. The van der Waals surface area contributed by atoms with Crippen LogP contribution in [-0.2, 0) is 0 Å². The van der Waals surface area contributed by atoms with Gasteiger partial charge in [0.05, 0.1) is 4.48 Å². The molecule has 0 rings (SSSR count). The van der Waals surface area contributed by atoms with Crippen LogP contribution >= 0.6 is 31.9 Å². The van der Waals surface area contributed by atoms with E-state index in [0.29, 0.717) is 10.9 Å². The van der Waals surface area contributed by atoms with Crippen molar-refractivity contribution in [3.63, 3.8) is 0 Å². The Morgan fingerprint density at radius 3 is 2.07 bits per heavy atom. The lowest BCUT2D eigenvalue weighted by atomic mass is 10.1. The number of allylic oxidation sites excluding steroid dienone is 1. The summed E-state index contributed by atoms with van der Waals surface area (Å²) < 4.78 is 0.558. The molecule has 0 fully saturated rings. The smallest absolute Gasteiger partial charge is 0.312 e. The second kappa shape index (κ2) is 6.95. The molecule has 0 amide bonds. The predicted molar refractivity (Wildman–Crippen MR) is 63.0 cm³/mol. The van der Waals surface area contributed by atoms with Crippen LogP contribution in [-0.4, -0.2) is 21.3 Å². The first-order valence-corrected chi connectivity index (χ1v) is 6.20. The number of aliphatic hydroxyl groups is 3. The van der Waals surface area contributed by atoms with E-state index in [1.165, 1.54) is 6.42 Å². The van der Waals surface area contributed by atoms with Crippen molar-refractivity contribution in [2.75, 3.05) is 0 Å². The normalized spacial score (nSPS) is 14.1. The van der Waals surface area contributed by atoms with Crippen molar-refractivity contribution in [3.05, 3.63) is 8.96 Å². The zero-order valence-corrected chi connectivity index (χ0v) is 11.3. The van der Waals surface area contributed by atoms with E-state index in [-0.39, 0.29) is 4.48 Å². The Morgan fingerprint density at radius 1 is 1.07 bits per heavy atom. The summed E-state index contributed by atoms with van der Waals surface area (Å²) in [7, 11) is 0. The minimum Gasteiger partial charge on any atom is -0.339 e. The molecule has 3 N–H and O–H groups in total. The first-order valence-electron chi connectivity index (χ1n) is 4.61. The lowest BCUT2D eigenvalue weighted by Crippen LogP contribution is -2.27. The Labute approximate surface area is 101 Å². The molecule has 0 heterocycles. The lowest BCUT2D eigenvalue weighted by molar-refractivity contribution is -0.275. The van der Waals surface area contributed by atoms with Crippen molar-refractivity contribution in [2.24, 2.45) is 0 Å². The van der Waals surface area contributed by atoms with E-state index in [1.54, 1.807) is 0 Å². The predicted octanol–water partition coefficient (Wildman–Crippen LogP) is 2.59. The van der Waals surface area contributed by atoms with Crippen LogP contribution in [0.2, 0.25) is 0 Å². The minimum atomic E-state index is -2.77. The van der Waals surface area contributed by atoms with Gasteiger partial charge in [-0.15, -0.1) is 0 Å². The average molecular weight is 332 g/mol. The number of rotatable bonds is 6. The molecule has 14 heavy (non-hydrogen) atoms. The van der Waals surface area contributed by atoms with Gasteiger partial charge in [-0.1, -0.05) is 42.1 Å². The van der Waals surface area contributed by atoms with Gasteiger partial charge in [-0.25, -0.2) is 0 Å². The summed E-state index contributed by atoms with van der Waals surface area (Å²) >= 11 is 6.10. The monoisotopic (exact) mass is 330 g/mol. The molecule has 0 aliphatic rings. The topological polar surface area (TPSA) is 60.7 Å². The van der Waals surface area contributed by atoms with E-state index in [2.05, 4.69) is 38.8 Å². The molecule has 5 heteroatoms. The molecule has 0 unspecified atom stereocenters. The van der Waals surface area contributed by atoms with Gasteiger partial charge in [-0.3, -0.25) is 0 Å². The fourth-order valence-electron chi connectivity index (χ4n) is 0.999. The van der Waals surface area contributed by atoms with Gasteiger partial charge in [0.15, 0.2) is 0 Å². The number of hydrogen-bond acceptors (Lipinski definition) is 3. The van der Waals surface area contributed by atoms with Gasteiger partial charge < -0.3 is 15.3 Å². The molecule has 0 aromatic rings. The molecule has 0 saturated carbocycles. The lowest BCUT2D eigenvalue weighted by Gasteiger charge is -2.15. The van der Waals surface area contributed by atoms with Gasteiger partial charge in [-0.05, 0) is 28.8 Å². The summed E-state index contributed by atoms with van der Waals surface area (Å²) in [6.07, 6.45) is 5.07. The molecule has 0 radical (unpaired) electrons. The summed E-state index contributed by atoms with van der Waals surface area (Å²) in [5.41, 5.74) is 0. The first-order chi connectivity index (χ1) is 6.39. The van der Waals surface area contributed by atoms with Crippen LogP contribution < -0.4 is 0 Å². The second-order valence-corrected chi connectivity index (χ2v) is 4.92. The molecule has 84 valence electrons. The van der Waals surface area contributed by atoms with Gasteiger partial charge in [-0.2, -0.15) is 0 Å². The SMILES string of the molecule is CCCCCCC(Br)=C(Br)C(O)(O)O. The van der Waals surface area contributed by atoms with Gasteiger partial charge >= 0.3 is 5.97 Å². The van der Waals surface area contributed by atoms with Crippen molar-refractivity contribution in [3.8, 4) is 0 Å². The maximum Gasteiger partial charge on any atom is 0.312 e. The Morgan fingerprint density at radius 2 is 1.64 bits per heavy atom. The number of halogens is 2. The highest BCUT2D eigenvalue weighted by molar-refractivity contribution is 9.14. The molecule has 0 aromatic heterocycles. The Balaban J connectivity index is 3.99. The fourth-order valence-corrected chi connectivity index (χ4v) is 1.74. The number of hydrogen-bond donors (Lipinski definition) is 3. The summed E-state index contributed by atoms with van der Waals surface area (Å²) in [6.45, 7) is 2.13. The number of unbranched alkanes of at least 4 members (excludes halogenated alkanes) is 3. The van der Waals surface area contributed by atoms with Gasteiger partial charge in [0, 0.05) is 4.48 Å². The quantitative estimate of drug-likeness (QED) is 0.518. The van der Waals surface area contributed by atoms with E-state index >= 15 is 0 Å². The van der Waals surface area contributed by atoms with Gasteiger partial charge in [0.1, 0.15) is 0 Å². The first kappa shape index (κ1) is 14.6. The summed E-state index contributed by atoms with van der Waals surface area (Å²) in [5, 5.41) is 26.5. The van der Waals surface area contributed by atoms with Crippen molar-refractivity contribution < 1.29 is 15.3 Å². The summed E-state index contributed by atoms with van der Waals surface area (Å²) in [6, 6.07) is 0. The summed E-state index contributed by atoms with van der Waals surface area (Å²) in [5.74, 6) is -2.77. The third-order valence-corrected chi connectivity index (χ3v) is 4.12. The van der Waals surface area contributed by atoms with Crippen LogP contribution in [0.1, 0.15) is 39.0 Å². The Kier molecular flexibility index (Phi) is 7.24. The maximum absolute atomic E-state index is 8.84. The largest absolute Gasteiger partial charge is 0.339 e. The van der Waals surface area contributed by atoms with E-state index < -0.39 is 5.97 Å². The molecule has 0 bridgehead atoms. The third-order valence-electron chi connectivity index (χ3n) is 1.78. The zero-order chi connectivity index (χ0) is 11.2. The van der Waals surface area contributed by atoms with Crippen LogP contribution in [0, 0.1) is 0 Å². The minimum absolute atomic E-state index is 0.0264. The molecule has 0 aliphatic heterocycles. The van der Waals surface area contributed by atoms with E-state index in [9.17, 15) is 0 Å². The van der Waals surface area contributed by atoms with Crippen LogP contribution in [0.5, 0.6) is 0 Å². The van der Waals surface area contributed by atoms with Crippen molar-refractivity contribution in [1.82, 2.24) is 0 Å². The van der Waals surface area contributed by atoms with Crippen molar-refractivity contribution in [2.45, 2.75) is 45.0 Å². The highest BCUT2D eigenvalue weighted by Gasteiger charge is 2.25. The Hall–Kier alpha value is 0.580. The molecule has 0 aromatic carbocycles. The fraction of sp³-hybridized carbons (Fsp3) is 0.778. The van der Waals surface area contributed by atoms with Gasteiger partial charge in [0.2, 0.25) is 0 Å². The van der Waals surface area contributed by atoms with Crippen molar-refractivity contribution >= 4 is 31.9 Å². The average Bonchev–Trinajstić information content (AvgIpc) is 2.09. The maximum atomic E-state index is 8.84. The highest BCUT2D eigenvalue weighted by Crippen LogP contribution is 2.29. The van der Waals surface area contributed by atoms with E-state index in [1.807, 2.05) is 0 Å². The van der Waals surface area contributed by atoms with Gasteiger partial charge in [0.25, 0.3) is 0 Å². The highest BCUT2D eigenvalue weighted by atomic mass is 79.9. The molecule has 0 aliphatic carbocycles. The van der Waals surface area contributed by atoms with Crippen LogP contribution in [0.15, 0.2) is 8.96 Å². The zero-order valence-electron chi connectivity index (χ0n) is 8.13.